The fourth-order valence-corrected chi connectivity index (χ4v) is 2.88. The van der Waals surface area contributed by atoms with E-state index >= 15 is 0 Å². The Morgan fingerprint density at radius 3 is 2.95 bits per heavy atom. The third-order valence-corrected chi connectivity index (χ3v) is 4.19. The summed E-state index contributed by atoms with van der Waals surface area (Å²) in [5.41, 5.74) is 3.21. The first-order chi connectivity index (χ1) is 10.8. The smallest absolute Gasteiger partial charge is 0.136 e. The van der Waals surface area contributed by atoms with E-state index in [-0.39, 0.29) is 0 Å². The summed E-state index contributed by atoms with van der Waals surface area (Å²) in [4.78, 5) is 6.52. The van der Waals surface area contributed by atoms with Crippen LogP contribution in [0.1, 0.15) is 5.56 Å². The minimum atomic E-state index is 0.393. The molecule has 0 unspecified atom stereocenters. The molecule has 1 fully saturated rings. The molecule has 1 saturated heterocycles. The van der Waals surface area contributed by atoms with E-state index in [0.29, 0.717) is 6.10 Å². The van der Waals surface area contributed by atoms with Crippen LogP contribution in [0.2, 0.25) is 0 Å². The molecule has 112 valence electrons. The number of rotatable bonds is 4. The summed E-state index contributed by atoms with van der Waals surface area (Å²) in [5, 5.41) is 1.13. The van der Waals surface area contributed by atoms with Gasteiger partial charge in [0, 0.05) is 50.1 Å². The van der Waals surface area contributed by atoms with E-state index in [4.69, 9.17) is 9.15 Å². The molecule has 1 aliphatic heterocycles. The fourth-order valence-electron chi connectivity index (χ4n) is 2.88. The Morgan fingerprint density at radius 2 is 2.18 bits per heavy atom. The van der Waals surface area contributed by atoms with E-state index < -0.39 is 0 Å². The molecule has 0 radical (unpaired) electrons. The minimum Gasteiger partial charge on any atom is -0.456 e. The van der Waals surface area contributed by atoms with E-state index in [1.165, 1.54) is 5.56 Å². The van der Waals surface area contributed by atoms with Crippen molar-refractivity contribution in [1.29, 1.82) is 0 Å². The predicted molar refractivity (Wildman–Crippen MR) is 85.5 cm³/mol. The zero-order valence-electron chi connectivity index (χ0n) is 12.5. The molecule has 0 saturated carbocycles. The quantitative estimate of drug-likeness (QED) is 0.740. The van der Waals surface area contributed by atoms with Gasteiger partial charge in [0.25, 0.3) is 0 Å². The van der Waals surface area contributed by atoms with Gasteiger partial charge in [0.2, 0.25) is 0 Å². The van der Waals surface area contributed by atoms with Crippen LogP contribution in [0.5, 0.6) is 0 Å². The van der Waals surface area contributed by atoms with Crippen LogP contribution in [0, 0.1) is 0 Å². The van der Waals surface area contributed by atoms with Crippen molar-refractivity contribution >= 4 is 11.0 Å². The summed E-state index contributed by atoms with van der Waals surface area (Å²) in [5.74, 6) is 0.864. The number of likely N-dealkylation sites (tertiary alicyclic amines) is 1. The number of aromatic nitrogens is 1. The fraction of sp³-hybridized carbons (Fsp3) is 0.278. The van der Waals surface area contributed by atoms with Gasteiger partial charge in [-0.1, -0.05) is 12.1 Å². The monoisotopic (exact) mass is 294 g/mol. The highest BCUT2D eigenvalue weighted by atomic mass is 16.5. The second-order valence-electron chi connectivity index (χ2n) is 5.78. The predicted octanol–water partition coefficient (Wildman–Crippen LogP) is 3.33. The van der Waals surface area contributed by atoms with Crippen LogP contribution in [-0.2, 0) is 11.3 Å². The van der Waals surface area contributed by atoms with Crippen LogP contribution in [0.3, 0.4) is 0 Å². The molecule has 1 aliphatic rings. The third kappa shape index (κ3) is 2.51. The molecule has 0 N–H and O–H groups in total. The van der Waals surface area contributed by atoms with Crippen molar-refractivity contribution in [2.45, 2.75) is 12.6 Å². The molecule has 3 heterocycles. The lowest BCUT2D eigenvalue weighted by molar-refractivity contribution is -0.0333. The molecule has 1 aromatic carbocycles. The van der Waals surface area contributed by atoms with Gasteiger partial charge in [-0.05, 0) is 29.8 Å². The molecule has 3 aromatic rings. The highest BCUT2D eigenvalue weighted by Crippen LogP contribution is 2.28. The molecule has 22 heavy (non-hydrogen) atoms. The van der Waals surface area contributed by atoms with E-state index in [0.717, 1.165) is 41.9 Å². The Morgan fingerprint density at radius 1 is 1.27 bits per heavy atom. The van der Waals surface area contributed by atoms with Crippen molar-refractivity contribution in [3.05, 3.63) is 54.4 Å². The molecule has 0 aliphatic carbocycles. The number of furan rings is 1. The Bertz CT molecular complexity index is 776. The molecule has 0 amide bonds. The molecule has 2 aromatic heterocycles. The maximum Gasteiger partial charge on any atom is 0.136 e. The van der Waals surface area contributed by atoms with Crippen LogP contribution >= 0.6 is 0 Å². The van der Waals surface area contributed by atoms with E-state index in [1.807, 2.05) is 18.3 Å². The SMILES string of the molecule is COC1CN(Cc2ccc3cc(-c4cccnc4)oc3c2)C1. The van der Waals surface area contributed by atoms with Crippen LogP contribution in [0.4, 0.5) is 0 Å². The molecule has 0 spiro atoms. The Kier molecular flexibility index (Phi) is 3.41. The number of fused-ring (bicyclic) bond motifs is 1. The Balaban J connectivity index is 1.56. The van der Waals surface area contributed by atoms with Gasteiger partial charge in [-0.15, -0.1) is 0 Å². The molecular weight excluding hydrogens is 276 g/mol. The highest BCUT2D eigenvalue weighted by Gasteiger charge is 2.26. The van der Waals surface area contributed by atoms with Gasteiger partial charge in [-0.25, -0.2) is 0 Å². The molecular formula is C18H18N2O2. The van der Waals surface area contributed by atoms with Gasteiger partial charge in [0.1, 0.15) is 11.3 Å². The number of ether oxygens (including phenoxy) is 1. The summed E-state index contributed by atoms with van der Waals surface area (Å²) in [6.07, 6.45) is 3.98. The van der Waals surface area contributed by atoms with Gasteiger partial charge >= 0.3 is 0 Å². The van der Waals surface area contributed by atoms with Crippen molar-refractivity contribution in [2.75, 3.05) is 20.2 Å². The number of nitrogens with zero attached hydrogens (tertiary/aromatic N) is 2. The van der Waals surface area contributed by atoms with Gasteiger partial charge in [0.15, 0.2) is 0 Å². The number of pyridine rings is 1. The number of benzene rings is 1. The topological polar surface area (TPSA) is 38.5 Å². The highest BCUT2D eigenvalue weighted by molar-refractivity contribution is 5.83. The van der Waals surface area contributed by atoms with Crippen LogP contribution in [0.15, 0.2) is 53.2 Å². The maximum absolute atomic E-state index is 5.99. The Labute approximate surface area is 129 Å². The summed E-state index contributed by atoms with van der Waals surface area (Å²) < 4.78 is 11.3. The molecule has 4 nitrogen and oxygen atoms in total. The van der Waals surface area contributed by atoms with E-state index in [9.17, 15) is 0 Å². The van der Waals surface area contributed by atoms with Crippen molar-refractivity contribution in [3.8, 4) is 11.3 Å². The standard InChI is InChI=1S/C18H18N2O2/c1-21-16-11-20(12-16)10-13-4-5-14-8-18(22-17(14)7-13)15-3-2-6-19-9-15/h2-9,16H,10-12H2,1H3. The first-order valence-corrected chi connectivity index (χ1v) is 7.50. The van der Waals surface area contributed by atoms with E-state index in [1.54, 1.807) is 13.3 Å². The second-order valence-corrected chi connectivity index (χ2v) is 5.78. The number of methoxy groups -OCH3 is 1. The number of hydrogen-bond acceptors (Lipinski definition) is 4. The minimum absolute atomic E-state index is 0.393. The molecule has 4 heteroatoms. The lowest BCUT2D eigenvalue weighted by Crippen LogP contribution is -2.50. The lowest BCUT2D eigenvalue weighted by atomic mass is 10.1. The summed E-state index contributed by atoms with van der Waals surface area (Å²) in [7, 11) is 1.77. The first kappa shape index (κ1) is 13.5. The summed E-state index contributed by atoms with van der Waals surface area (Å²) >= 11 is 0. The van der Waals surface area contributed by atoms with Crippen LogP contribution < -0.4 is 0 Å². The van der Waals surface area contributed by atoms with Gasteiger partial charge in [0.05, 0.1) is 6.10 Å². The second kappa shape index (κ2) is 5.55. The summed E-state index contributed by atoms with van der Waals surface area (Å²) in [6, 6.07) is 12.4. The molecule has 0 bridgehead atoms. The van der Waals surface area contributed by atoms with Gasteiger partial charge in [-0.2, -0.15) is 0 Å². The zero-order valence-corrected chi connectivity index (χ0v) is 12.5. The molecule has 0 atom stereocenters. The van der Waals surface area contributed by atoms with Crippen molar-refractivity contribution in [3.63, 3.8) is 0 Å². The van der Waals surface area contributed by atoms with Gasteiger partial charge < -0.3 is 9.15 Å². The van der Waals surface area contributed by atoms with Crippen LogP contribution in [0.25, 0.3) is 22.3 Å². The van der Waals surface area contributed by atoms with Crippen molar-refractivity contribution in [1.82, 2.24) is 9.88 Å². The van der Waals surface area contributed by atoms with Crippen LogP contribution in [-0.4, -0.2) is 36.2 Å². The molecule has 4 rings (SSSR count). The lowest BCUT2D eigenvalue weighted by Gasteiger charge is -2.38. The number of hydrogen-bond donors (Lipinski definition) is 0. The largest absolute Gasteiger partial charge is 0.456 e. The normalized spacial score (nSPS) is 16.0. The van der Waals surface area contributed by atoms with Gasteiger partial charge in [-0.3, -0.25) is 9.88 Å². The maximum atomic E-state index is 5.99. The average Bonchev–Trinajstić information content (AvgIpc) is 2.94. The van der Waals surface area contributed by atoms with Crippen molar-refractivity contribution in [2.24, 2.45) is 0 Å². The third-order valence-electron chi connectivity index (χ3n) is 4.19. The average molecular weight is 294 g/mol. The van der Waals surface area contributed by atoms with E-state index in [2.05, 4.69) is 34.1 Å². The summed E-state index contributed by atoms with van der Waals surface area (Å²) in [6.45, 7) is 2.96. The zero-order chi connectivity index (χ0) is 14.9. The first-order valence-electron chi connectivity index (χ1n) is 7.50. The Hall–Kier alpha value is -2.17. The van der Waals surface area contributed by atoms with Crippen molar-refractivity contribution < 1.29 is 9.15 Å².